The highest BCUT2D eigenvalue weighted by Gasteiger charge is 2.32. The van der Waals surface area contributed by atoms with Crippen molar-refractivity contribution < 1.29 is 0 Å². The maximum atomic E-state index is 9.21. The summed E-state index contributed by atoms with van der Waals surface area (Å²) in [6.45, 7) is 1.96. The average Bonchev–Trinajstić information content (AvgIpc) is 3.02. The first-order valence-corrected chi connectivity index (χ1v) is 6.66. The van der Waals surface area contributed by atoms with Crippen molar-refractivity contribution in [2.24, 2.45) is 7.05 Å². The standard InChI is InChI=1S/C10H16N6S/c1-10(7-11,12-8-3-4-8)5-6-17-9-13-14-15-16(9)2/h8,12H,3-6H2,1-2H3. The fourth-order valence-electron chi connectivity index (χ4n) is 1.53. The maximum absolute atomic E-state index is 9.21. The van der Waals surface area contributed by atoms with Crippen molar-refractivity contribution in [3.8, 4) is 6.07 Å². The Hall–Kier alpha value is -1.13. The Morgan fingerprint density at radius 3 is 2.94 bits per heavy atom. The first-order valence-electron chi connectivity index (χ1n) is 5.67. The molecule has 0 aromatic carbocycles. The SMILES string of the molecule is Cn1nnnc1SCCC(C)(C#N)NC1CC1. The second-order valence-electron chi connectivity index (χ2n) is 4.55. The van der Waals surface area contributed by atoms with E-state index in [9.17, 15) is 5.26 Å². The van der Waals surface area contributed by atoms with Gasteiger partial charge in [0.2, 0.25) is 5.16 Å². The lowest BCUT2D eigenvalue weighted by Gasteiger charge is -2.22. The van der Waals surface area contributed by atoms with Gasteiger partial charge in [-0.1, -0.05) is 11.8 Å². The van der Waals surface area contributed by atoms with E-state index in [1.165, 1.54) is 12.8 Å². The zero-order chi connectivity index (χ0) is 12.3. The van der Waals surface area contributed by atoms with Gasteiger partial charge in [0, 0.05) is 18.8 Å². The number of nitrogens with one attached hydrogen (secondary N) is 1. The van der Waals surface area contributed by atoms with Crippen LogP contribution in [0.1, 0.15) is 26.2 Å². The van der Waals surface area contributed by atoms with Gasteiger partial charge in [-0.3, -0.25) is 5.32 Å². The normalized spacial score (nSPS) is 18.6. The molecule has 17 heavy (non-hydrogen) atoms. The molecule has 1 atom stereocenters. The molecule has 1 N–H and O–H groups in total. The third-order valence-electron chi connectivity index (χ3n) is 2.76. The van der Waals surface area contributed by atoms with E-state index < -0.39 is 5.54 Å². The summed E-state index contributed by atoms with van der Waals surface area (Å²) >= 11 is 1.58. The highest BCUT2D eigenvalue weighted by atomic mass is 32.2. The monoisotopic (exact) mass is 252 g/mol. The summed E-state index contributed by atoms with van der Waals surface area (Å²) in [4.78, 5) is 0. The fourth-order valence-corrected chi connectivity index (χ4v) is 2.54. The van der Waals surface area contributed by atoms with Crippen LogP contribution in [0.2, 0.25) is 0 Å². The van der Waals surface area contributed by atoms with Gasteiger partial charge >= 0.3 is 0 Å². The number of aromatic nitrogens is 4. The molecule has 0 spiro atoms. The second kappa shape index (κ2) is 5.02. The minimum atomic E-state index is -0.430. The van der Waals surface area contributed by atoms with Crippen LogP contribution < -0.4 is 5.32 Å². The number of nitriles is 1. The van der Waals surface area contributed by atoms with Crippen molar-refractivity contribution in [3.05, 3.63) is 0 Å². The van der Waals surface area contributed by atoms with Gasteiger partial charge in [0.15, 0.2) is 0 Å². The summed E-state index contributed by atoms with van der Waals surface area (Å²) in [7, 11) is 1.81. The number of rotatable bonds is 6. The first kappa shape index (κ1) is 12.3. The van der Waals surface area contributed by atoms with Crippen LogP contribution >= 0.6 is 11.8 Å². The number of thioether (sulfide) groups is 1. The summed E-state index contributed by atoms with van der Waals surface area (Å²) in [5.74, 6) is 0.831. The van der Waals surface area contributed by atoms with Crippen LogP contribution in [0.25, 0.3) is 0 Å². The smallest absolute Gasteiger partial charge is 0.209 e. The largest absolute Gasteiger partial charge is 0.297 e. The number of aryl methyl sites for hydroxylation is 1. The van der Waals surface area contributed by atoms with Crippen molar-refractivity contribution in [3.63, 3.8) is 0 Å². The molecule has 1 aromatic rings. The second-order valence-corrected chi connectivity index (χ2v) is 5.61. The van der Waals surface area contributed by atoms with E-state index in [4.69, 9.17) is 0 Å². The molecule has 0 aliphatic heterocycles. The molecular formula is C10H16N6S. The molecule has 0 radical (unpaired) electrons. The van der Waals surface area contributed by atoms with Crippen LogP contribution in [0.15, 0.2) is 5.16 Å². The Morgan fingerprint density at radius 1 is 1.65 bits per heavy atom. The van der Waals surface area contributed by atoms with Gasteiger partial charge in [0.05, 0.1) is 6.07 Å². The topological polar surface area (TPSA) is 79.4 Å². The van der Waals surface area contributed by atoms with E-state index in [1.54, 1.807) is 16.4 Å². The van der Waals surface area contributed by atoms with Gasteiger partial charge in [-0.25, -0.2) is 4.68 Å². The number of nitrogens with zero attached hydrogens (tertiary/aromatic N) is 5. The molecule has 1 aliphatic carbocycles. The van der Waals surface area contributed by atoms with E-state index in [1.807, 2.05) is 14.0 Å². The number of hydrogen-bond acceptors (Lipinski definition) is 6. The molecular weight excluding hydrogens is 236 g/mol. The summed E-state index contributed by atoms with van der Waals surface area (Å²) < 4.78 is 1.64. The third-order valence-corrected chi connectivity index (χ3v) is 3.77. The minimum Gasteiger partial charge on any atom is -0.297 e. The Balaban J connectivity index is 1.80. The van der Waals surface area contributed by atoms with E-state index in [0.29, 0.717) is 6.04 Å². The van der Waals surface area contributed by atoms with Crippen LogP contribution in [0, 0.1) is 11.3 Å². The summed E-state index contributed by atoms with van der Waals surface area (Å²) in [6, 6.07) is 2.90. The zero-order valence-corrected chi connectivity index (χ0v) is 10.9. The van der Waals surface area contributed by atoms with Gasteiger partial charge in [-0.15, -0.1) is 5.10 Å². The molecule has 1 saturated carbocycles. The van der Waals surface area contributed by atoms with Crippen molar-refractivity contribution in [2.45, 2.75) is 42.9 Å². The molecule has 0 bridgehead atoms. The zero-order valence-electron chi connectivity index (χ0n) is 10.1. The molecule has 0 saturated heterocycles. The molecule has 1 fully saturated rings. The van der Waals surface area contributed by atoms with Crippen LogP contribution in [0.3, 0.4) is 0 Å². The molecule has 1 heterocycles. The lowest BCUT2D eigenvalue weighted by Crippen LogP contribution is -2.42. The summed E-state index contributed by atoms with van der Waals surface area (Å²) in [5, 5.41) is 24.6. The van der Waals surface area contributed by atoms with E-state index in [-0.39, 0.29) is 0 Å². The molecule has 7 heteroatoms. The van der Waals surface area contributed by atoms with E-state index in [2.05, 4.69) is 26.9 Å². The lowest BCUT2D eigenvalue weighted by molar-refractivity contribution is 0.433. The van der Waals surface area contributed by atoms with Gasteiger partial charge < -0.3 is 0 Å². The highest BCUT2D eigenvalue weighted by molar-refractivity contribution is 7.99. The van der Waals surface area contributed by atoms with Crippen LogP contribution in [-0.4, -0.2) is 37.5 Å². The average molecular weight is 252 g/mol. The Labute approximate surface area is 105 Å². The molecule has 92 valence electrons. The van der Waals surface area contributed by atoms with Crippen molar-refractivity contribution in [1.29, 1.82) is 5.26 Å². The van der Waals surface area contributed by atoms with E-state index in [0.717, 1.165) is 17.3 Å². The van der Waals surface area contributed by atoms with Gasteiger partial charge in [-0.2, -0.15) is 5.26 Å². The first-order chi connectivity index (χ1) is 8.13. The number of hydrogen-bond donors (Lipinski definition) is 1. The van der Waals surface area contributed by atoms with Crippen LogP contribution in [0.4, 0.5) is 0 Å². The Morgan fingerprint density at radius 2 is 2.41 bits per heavy atom. The highest BCUT2D eigenvalue weighted by Crippen LogP contribution is 2.25. The molecule has 0 amide bonds. The molecule has 1 unspecified atom stereocenters. The minimum absolute atomic E-state index is 0.430. The van der Waals surface area contributed by atoms with E-state index >= 15 is 0 Å². The molecule has 6 nitrogen and oxygen atoms in total. The predicted molar refractivity (Wildman–Crippen MR) is 64.3 cm³/mol. The van der Waals surface area contributed by atoms with Gasteiger partial charge in [0.25, 0.3) is 0 Å². The third kappa shape index (κ3) is 3.41. The molecule has 2 rings (SSSR count). The van der Waals surface area contributed by atoms with Crippen molar-refractivity contribution in [1.82, 2.24) is 25.5 Å². The van der Waals surface area contributed by atoms with Crippen molar-refractivity contribution in [2.75, 3.05) is 5.75 Å². The Kier molecular flexibility index (Phi) is 3.64. The predicted octanol–water partition coefficient (Wildman–Crippen LogP) is 0.727. The lowest BCUT2D eigenvalue weighted by atomic mass is 10.0. The van der Waals surface area contributed by atoms with Gasteiger partial charge in [-0.05, 0) is 36.6 Å². The Bertz CT molecular complexity index is 421. The van der Waals surface area contributed by atoms with Crippen molar-refractivity contribution >= 4 is 11.8 Å². The maximum Gasteiger partial charge on any atom is 0.209 e. The molecule has 1 aliphatic rings. The fraction of sp³-hybridized carbons (Fsp3) is 0.800. The van der Waals surface area contributed by atoms with Crippen LogP contribution in [0.5, 0.6) is 0 Å². The molecule has 1 aromatic heterocycles. The quantitative estimate of drug-likeness (QED) is 0.752. The van der Waals surface area contributed by atoms with Gasteiger partial charge in [0.1, 0.15) is 5.54 Å². The summed E-state index contributed by atoms with van der Waals surface area (Å²) in [5.41, 5.74) is -0.430. The van der Waals surface area contributed by atoms with Crippen LogP contribution in [-0.2, 0) is 7.05 Å². The summed E-state index contributed by atoms with van der Waals surface area (Å²) in [6.07, 6.45) is 3.17. The number of tetrazole rings is 1.